The molecule has 6 nitrogen and oxygen atoms in total. The molecule has 0 unspecified atom stereocenters. The first-order valence-electron chi connectivity index (χ1n) is 7.77. The molecular weight excluding hydrogens is 346 g/mol. The molecule has 0 aliphatic carbocycles. The number of ether oxygens (including phenoxy) is 1. The summed E-state index contributed by atoms with van der Waals surface area (Å²) in [4.78, 5) is 37.3. The molecular formula is C18H14F2N2O4. The number of benzene rings is 2. The van der Waals surface area contributed by atoms with Gasteiger partial charge in [-0.05, 0) is 36.4 Å². The second-order valence-electron chi connectivity index (χ2n) is 5.50. The smallest absolute Gasteiger partial charge is 0.387 e. The zero-order chi connectivity index (χ0) is 18.7. The summed E-state index contributed by atoms with van der Waals surface area (Å²) in [5.74, 6) is -1.24. The van der Waals surface area contributed by atoms with Crippen LogP contribution in [0.1, 0.15) is 23.2 Å². The fourth-order valence-corrected chi connectivity index (χ4v) is 2.60. The lowest BCUT2D eigenvalue weighted by Gasteiger charge is -2.18. The molecule has 1 N–H and O–H groups in total. The summed E-state index contributed by atoms with van der Waals surface area (Å²) in [7, 11) is 0. The summed E-state index contributed by atoms with van der Waals surface area (Å²) in [6, 6.07) is 11.6. The van der Waals surface area contributed by atoms with Gasteiger partial charge in [-0.25, -0.2) is 4.90 Å². The van der Waals surface area contributed by atoms with Crippen molar-refractivity contribution >= 4 is 29.1 Å². The van der Waals surface area contributed by atoms with Crippen molar-refractivity contribution in [2.75, 3.05) is 10.2 Å². The van der Waals surface area contributed by atoms with Crippen molar-refractivity contribution in [1.82, 2.24) is 0 Å². The molecule has 0 atom stereocenters. The van der Waals surface area contributed by atoms with Crippen LogP contribution >= 0.6 is 0 Å². The molecule has 0 aromatic heterocycles. The Morgan fingerprint density at radius 1 is 1.00 bits per heavy atom. The summed E-state index contributed by atoms with van der Waals surface area (Å²) in [5, 5.41) is 2.63. The molecule has 1 heterocycles. The lowest BCUT2D eigenvalue weighted by atomic mass is 10.2. The zero-order valence-electron chi connectivity index (χ0n) is 13.4. The molecule has 0 radical (unpaired) electrons. The van der Waals surface area contributed by atoms with Crippen molar-refractivity contribution < 1.29 is 27.9 Å². The molecule has 0 spiro atoms. The molecule has 2 aromatic rings. The van der Waals surface area contributed by atoms with Gasteiger partial charge < -0.3 is 10.1 Å². The van der Waals surface area contributed by atoms with Gasteiger partial charge in [0.1, 0.15) is 5.75 Å². The minimum Gasteiger partial charge on any atom is -0.435 e. The highest BCUT2D eigenvalue weighted by Crippen LogP contribution is 2.30. The van der Waals surface area contributed by atoms with Gasteiger partial charge in [0.25, 0.3) is 5.91 Å². The predicted octanol–water partition coefficient (Wildman–Crippen LogP) is 3.19. The molecule has 26 heavy (non-hydrogen) atoms. The Morgan fingerprint density at radius 3 is 2.23 bits per heavy atom. The molecule has 1 aliphatic rings. The van der Waals surface area contributed by atoms with Crippen LogP contribution in [0.3, 0.4) is 0 Å². The molecule has 1 fully saturated rings. The van der Waals surface area contributed by atoms with Gasteiger partial charge in [-0.15, -0.1) is 0 Å². The fourth-order valence-electron chi connectivity index (χ4n) is 2.60. The van der Waals surface area contributed by atoms with Crippen LogP contribution in [0, 0.1) is 0 Å². The number of amides is 3. The summed E-state index contributed by atoms with van der Waals surface area (Å²) in [6.45, 7) is -2.95. The van der Waals surface area contributed by atoms with Gasteiger partial charge in [0.05, 0.1) is 11.4 Å². The van der Waals surface area contributed by atoms with Gasteiger partial charge >= 0.3 is 6.61 Å². The van der Waals surface area contributed by atoms with E-state index in [0.29, 0.717) is 11.4 Å². The first-order valence-corrected chi connectivity index (χ1v) is 7.77. The molecule has 1 aliphatic heterocycles. The molecule has 3 amide bonds. The highest BCUT2D eigenvalue weighted by atomic mass is 19.3. The molecule has 0 saturated carbocycles. The number of hydrogen-bond acceptors (Lipinski definition) is 4. The first kappa shape index (κ1) is 17.5. The summed E-state index contributed by atoms with van der Waals surface area (Å²) in [6.07, 6.45) is 0.263. The minimum absolute atomic E-state index is 0.0646. The van der Waals surface area contributed by atoms with E-state index in [1.54, 1.807) is 24.3 Å². The van der Waals surface area contributed by atoms with Gasteiger partial charge in [0, 0.05) is 18.4 Å². The van der Waals surface area contributed by atoms with Crippen LogP contribution in [0.15, 0.2) is 48.5 Å². The Balaban J connectivity index is 1.80. The van der Waals surface area contributed by atoms with Crippen molar-refractivity contribution in [3.8, 4) is 5.75 Å². The summed E-state index contributed by atoms with van der Waals surface area (Å²) >= 11 is 0. The maximum absolute atomic E-state index is 12.4. The second kappa shape index (κ2) is 7.30. The number of nitrogens with zero attached hydrogens (tertiary/aromatic N) is 1. The van der Waals surface area contributed by atoms with Crippen molar-refractivity contribution in [3.05, 3.63) is 54.1 Å². The monoisotopic (exact) mass is 360 g/mol. The van der Waals surface area contributed by atoms with Crippen LogP contribution in [0.2, 0.25) is 0 Å². The third kappa shape index (κ3) is 3.69. The first-order chi connectivity index (χ1) is 12.5. The maximum Gasteiger partial charge on any atom is 0.387 e. The number of anilines is 2. The Kier molecular flexibility index (Phi) is 4.92. The Morgan fingerprint density at radius 2 is 1.62 bits per heavy atom. The number of halogens is 2. The van der Waals surface area contributed by atoms with Gasteiger partial charge in [0.2, 0.25) is 11.8 Å². The number of alkyl halides is 2. The highest BCUT2D eigenvalue weighted by Gasteiger charge is 2.32. The van der Waals surface area contributed by atoms with Crippen molar-refractivity contribution in [3.63, 3.8) is 0 Å². The van der Waals surface area contributed by atoms with Crippen LogP contribution in [-0.4, -0.2) is 24.3 Å². The number of para-hydroxylation sites is 2. The highest BCUT2D eigenvalue weighted by molar-refractivity contribution is 6.22. The topological polar surface area (TPSA) is 75.7 Å². The number of rotatable bonds is 5. The maximum atomic E-state index is 12.4. The third-order valence-corrected chi connectivity index (χ3v) is 3.79. The molecule has 8 heteroatoms. The minimum atomic E-state index is -2.95. The van der Waals surface area contributed by atoms with Gasteiger partial charge in [-0.3, -0.25) is 14.4 Å². The van der Waals surface area contributed by atoms with E-state index in [-0.39, 0.29) is 36.0 Å². The second-order valence-corrected chi connectivity index (χ2v) is 5.50. The van der Waals surface area contributed by atoms with Crippen LogP contribution in [0.5, 0.6) is 5.75 Å². The average molecular weight is 360 g/mol. The number of hydrogen-bond donors (Lipinski definition) is 1. The standard InChI is InChI=1S/C18H14F2N2O4/c19-18(20)26-12-7-5-11(6-8-12)17(25)21-13-3-1-2-4-14(13)22-15(23)9-10-16(22)24/h1-8,18H,9-10H2,(H,21,25). The SMILES string of the molecule is O=C(Nc1ccccc1N1C(=O)CCC1=O)c1ccc(OC(F)F)cc1. The van der Waals surface area contributed by atoms with E-state index in [2.05, 4.69) is 10.1 Å². The van der Waals surface area contributed by atoms with E-state index in [1.165, 1.54) is 24.3 Å². The largest absolute Gasteiger partial charge is 0.435 e. The third-order valence-electron chi connectivity index (χ3n) is 3.79. The average Bonchev–Trinajstić information content (AvgIpc) is 2.94. The Labute approximate surface area is 147 Å². The fraction of sp³-hybridized carbons (Fsp3) is 0.167. The van der Waals surface area contributed by atoms with Crippen molar-refractivity contribution in [2.24, 2.45) is 0 Å². The molecule has 1 saturated heterocycles. The lowest BCUT2D eigenvalue weighted by molar-refractivity contribution is -0.121. The molecule has 2 aromatic carbocycles. The number of imide groups is 1. The predicted molar refractivity (Wildman–Crippen MR) is 89.2 cm³/mol. The van der Waals surface area contributed by atoms with E-state index in [1.807, 2.05) is 0 Å². The summed E-state index contributed by atoms with van der Waals surface area (Å²) in [5.41, 5.74) is 0.806. The van der Waals surface area contributed by atoms with Crippen LogP contribution in [0.25, 0.3) is 0 Å². The molecule has 3 rings (SSSR count). The van der Waals surface area contributed by atoms with Crippen LogP contribution < -0.4 is 15.0 Å². The van der Waals surface area contributed by atoms with Crippen molar-refractivity contribution in [1.29, 1.82) is 0 Å². The van der Waals surface area contributed by atoms with Gasteiger partial charge in [0.15, 0.2) is 0 Å². The summed E-state index contributed by atoms with van der Waals surface area (Å²) < 4.78 is 28.6. The van der Waals surface area contributed by atoms with E-state index in [0.717, 1.165) is 4.90 Å². The zero-order valence-corrected chi connectivity index (χ0v) is 13.4. The van der Waals surface area contributed by atoms with Crippen LogP contribution in [-0.2, 0) is 9.59 Å². The Bertz CT molecular complexity index is 837. The quantitative estimate of drug-likeness (QED) is 0.831. The number of carbonyl (C=O) groups is 3. The van der Waals surface area contributed by atoms with Crippen molar-refractivity contribution in [2.45, 2.75) is 19.5 Å². The van der Waals surface area contributed by atoms with E-state index in [4.69, 9.17) is 0 Å². The van der Waals surface area contributed by atoms with E-state index in [9.17, 15) is 23.2 Å². The number of nitrogens with one attached hydrogen (secondary N) is 1. The van der Waals surface area contributed by atoms with Crippen LogP contribution in [0.4, 0.5) is 20.2 Å². The lowest BCUT2D eigenvalue weighted by Crippen LogP contribution is -2.29. The molecule has 134 valence electrons. The number of carbonyl (C=O) groups excluding carboxylic acids is 3. The van der Waals surface area contributed by atoms with Gasteiger partial charge in [-0.1, -0.05) is 12.1 Å². The van der Waals surface area contributed by atoms with E-state index < -0.39 is 12.5 Å². The van der Waals surface area contributed by atoms with E-state index >= 15 is 0 Å². The molecule has 0 bridgehead atoms. The normalized spacial score (nSPS) is 14.0. The van der Waals surface area contributed by atoms with Gasteiger partial charge in [-0.2, -0.15) is 8.78 Å². The Hall–Kier alpha value is -3.29.